The van der Waals surface area contributed by atoms with E-state index in [9.17, 15) is 4.79 Å². The van der Waals surface area contributed by atoms with Crippen molar-refractivity contribution in [2.75, 3.05) is 0 Å². The lowest BCUT2D eigenvalue weighted by Crippen LogP contribution is -2.51. The molecule has 2 rings (SSSR count). The molecular weight excluding hydrogens is 292 g/mol. The lowest BCUT2D eigenvalue weighted by atomic mass is 9.46. The maximum atomic E-state index is 11.1. The molecule has 1 nitrogen and oxygen atoms in total. The van der Waals surface area contributed by atoms with E-state index in [1.54, 1.807) is 6.92 Å². The van der Waals surface area contributed by atoms with Crippen molar-refractivity contribution in [3.63, 3.8) is 0 Å². The van der Waals surface area contributed by atoms with E-state index in [0.29, 0.717) is 23.0 Å². The van der Waals surface area contributed by atoms with Crippen molar-refractivity contribution in [1.29, 1.82) is 0 Å². The quantitative estimate of drug-likeness (QED) is 0.480. The van der Waals surface area contributed by atoms with Crippen molar-refractivity contribution in [3.05, 3.63) is 11.6 Å². The van der Waals surface area contributed by atoms with Gasteiger partial charge in [0.25, 0.3) is 0 Å². The minimum absolute atomic E-state index is 0.305. The smallest absolute Gasteiger partial charge is 0.130 e. The third kappa shape index (κ3) is 4.33. The fraction of sp³-hybridized carbons (Fsp3) is 0.870. The van der Waals surface area contributed by atoms with Crippen molar-refractivity contribution >= 4 is 5.78 Å². The minimum Gasteiger partial charge on any atom is -0.300 e. The molecule has 2 aliphatic carbocycles. The largest absolute Gasteiger partial charge is 0.300 e. The van der Waals surface area contributed by atoms with Crippen LogP contribution in [0.3, 0.4) is 0 Å². The highest BCUT2D eigenvalue weighted by molar-refractivity contribution is 5.75. The lowest BCUT2D eigenvalue weighted by Gasteiger charge is -2.59. The molecule has 4 atom stereocenters. The Balaban J connectivity index is 2.03. The van der Waals surface area contributed by atoms with Gasteiger partial charge < -0.3 is 4.79 Å². The van der Waals surface area contributed by atoms with Gasteiger partial charge in [0, 0.05) is 6.42 Å². The van der Waals surface area contributed by atoms with E-state index in [0.717, 1.165) is 24.2 Å². The lowest BCUT2D eigenvalue weighted by molar-refractivity contribution is -0.116. The van der Waals surface area contributed by atoms with Gasteiger partial charge in [0.2, 0.25) is 0 Å². The van der Waals surface area contributed by atoms with Gasteiger partial charge >= 0.3 is 0 Å². The minimum atomic E-state index is 0.305. The number of hydrogen-bond acceptors (Lipinski definition) is 1. The van der Waals surface area contributed by atoms with E-state index < -0.39 is 0 Å². The van der Waals surface area contributed by atoms with Crippen LogP contribution < -0.4 is 0 Å². The first-order valence-corrected chi connectivity index (χ1v) is 10.3. The van der Waals surface area contributed by atoms with E-state index in [-0.39, 0.29) is 0 Å². The van der Waals surface area contributed by atoms with E-state index >= 15 is 0 Å². The van der Waals surface area contributed by atoms with Crippen LogP contribution in [0.4, 0.5) is 0 Å². The monoisotopic (exact) mass is 332 g/mol. The Morgan fingerprint density at radius 1 is 1.08 bits per heavy atom. The molecule has 0 aromatic rings. The zero-order chi connectivity index (χ0) is 18.0. The zero-order valence-corrected chi connectivity index (χ0v) is 17.1. The molecule has 2 saturated carbocycles. The van der Waals surface area contributed by atoms with Gasteiger partial charge in [-0.2, -0.15) is 0 Å². The molecule has 0 aromatic heterocycles. The molecule has 0 aromatic carbocycles. The molecule has 2 fully saturated rings. The Morgan fingerprint density at radius 3 is 2.46 bits per heavy atom. The topological polar surface area (TPSA) is 17.1 Å². The molecule has 2 aliphatic rings. The summed E-state index contributed by atoms with van der Waals surface area (Å²) >= 11 is 0. The van der Waals surface area contributed by atoms with Crippen LogP contribution in [-0.2, 0) is 4.79 Å². The Kier molecular flexibility index (Phi) is 6.37. The fourth-order valence-corrected chi connectivity index (χ4v) is 6.23. The van der Waals surface area contributed by atoms with Crippen molar-refractivity contribution in [3.8, 4) is 0 Å². The first-order chi connectivity index (χ1) is 11.2. The third-order valence-corrected chi connectivity index (χ3v) is 7.56. The highest BCUT2D eigenvalue weighted by Crippen LogP contribution is 2.62. The van der Waals surface area contributed by atoms with Crippen molar-refractivity contribution < 1.29 is 4.79 Å². The number of rotatable bonds is 6. The average molecular weight is 333 g/mol. The van der Waals surface area contributed by atoms with Gasteiger partial charge in [0.1, 0.15) is 5.78 Å². The number of carbonyl (C=O) groups excluding carboxylic acids is 1. The van der Waals surface area contributed by atoms with Crippen LogP contribution >= 0.6 is 0 Å². The summed E-state index contributed by atoms with van der Waals surface area (Å²) in [7, 11) is 0. The summed E-state index contributed by atoms with van der Waals surface area (Å²) in [6, 6.07) is 0. The first kappa shape index (κ1) is 19.7. The molecule has 138 valence electrons. The molecule has 0 radical (unpaired) electrons. The van der Waals surface area contributed by atoms with E-state index in [4.69, 9.17) is 0 Å². The molecule has 0 aliphatic heterocycles. The van der Waals surface area contributed by atoms with Crippen LogP contribution in [-0.4, -0.2) is 5.78 Å². The normalized spacial score (nSPS) is 36.2. The number of allylic oxidation sites excluding steroid dienone is 2. The van der Waals surface area contributed by atoms with Gasteiger partial charge in [-0.1, -0.05) is 52.2 Å². The van der Waals surface area contributed by atoms with Crippen molar-refractivity contribution in [2.24, 2.45) is 28.6 Å². The summed E-state index contributed by atoms with van der Waals surface area (Å²) in [5, 5.41) is 0. The Bertz CT molecular complexity index is 472. The maximum Gasteiger partial charge on any atom is 0.130 e. The number of fused-ring (bicyclic) bond motifs is 1. The van der Waals surface area contributed by atoms with Gasteiger partial charge in [-0.05, 0) is 81.0 Å². The number of Topliss-reactive ketones (excluding diaryl/α,β-unsaturated/α-hetero) is 1. The van der Waals surface area contributed by atoms with E-state index in [2.05, 4.69) is 40.7 Å². The summed E-state index contributed by atoms with van der Waals surface area (Å²) in [5.74, 6) is 2.94. The SMILES string of the molecule is CC(=O)CCC=C(C)CCC1C(C)CCC2C(C)(C)CCCC12C. The zero-order valence-electron chi connectivity index (χ0n) is 17.1. The highest BCUT2D eigenvalue weighted by Gasteiger charge is 2.53. The average Bonchev–Trinajstić information content (AvgIpc) is 2.45. The summed E-state index contributed by atoms with van der Waals surface area (Å²) < 4.78 is 0. The van der Waals surface area contributed by atoms with Gasteiger partial charge in [-0.3, -0.25) is 0 Å². The van der Waals surface area contributed by atoms with Crippen LogP contribution in [0.15, 0.2) is 11.6 Å². The fourth-order valence-electron chi connectivity index (χ4n) is 6.23. The standard InChI is InChI=1S/C23H40O/c1-17(9-7-10-19(3)24)11-13-20-18(2)12-14-21-22(4,5)15-8-16-23(20,21)6/h9,18,20-21H,7-8,10-16H2,1-6H3. The number of carbonyl (C=O) groups is 1. The predicted molar refractivity (Wildman–Crippen MR) is 104 cm³/mol. The summed E-state index contributed by atoms with van der Waals surface area (Å²) in [5.41, 5.74) is 2.56. The van der Waals surface area contributed by atoms with Crippen LogP contribution in [0.1, 0.15) is 99.3 Å². The molecule has 24 heavy (non-hydrogen) atoms. The molecule has 4 unspecified atom stereocenters. The van der Waals surface area contributed by atoms with Gasteiger partial charge in [-0.15, -0.1) is 0 Å². The summed E-state index contributed by atoms with van der Waals surface area (Å²) in [4.78, 5) is 11.1. The van der Waals surface area contributed by atoms with Crippen LogP contribution in [0.2, 0.25) is 0 Å². The molecule has 1 heteroatoms. The van der Waals surface area contributed by atoms with Crippen LogP contribution in [0, 0.1) is 28.6 Å². The number of hydrogen-bond donors (Lipinski definition) is 0. The number of ketones is 1. The van der Waals surface area contributed by atoms with E-state index in [1.165, 1.54) is 50.5 Å². The molecule has 0 N–H and O–H groups in total. The summed E-state index contributed by atoms with van der Waals surface area (Å²) in [6.07, 6.45) is 13.6. The molecule has 0 bridgehead atoms. The summed E-state index contributed by atoms with van der Waals surface area (Å²) in [6.45, 7) is 14.1. The maximum absolute atomic E-state index is 11.1. The first-order valence-electron chi connectivity index (χ1n) is 10.3. The van der Waals surface area contributed by atoms with Gasteiger partial charge in [-0.25, -0.2) is 0 Å². The van der Waals surface area contributed by atoms with Gasteiger partial charge in [0.05, 0.1) is 0 Å². The Hall–Kier alpha value is -0.590. The van der Waals surface area contributed by atoms with Gasteiger partial charge in [0.15, 0.2) is 0 Å². The highest BCUT2D eigenvalue weighted by atomic mass is 16.1. The molecule has 0 heterocycles. The third-order valence-electron chi connectivity index (χ3n) is 7.56. The van der Waals surface area contributed by atoms with Crippen LogP contribution in [0.5, 0.6) is 0 Å². The molecule has 0 amide bonds. The Labute approximate surface area is 150 Å². The Morgan fingerprint density at radius 2 is 1.79 bits per heavy atom. The van der Waals surface area contributed by atoms with Crippen LogP contribution in [0.25, 0.3) is 0 Å². The van der Waals surface area contributed by atoms with Crippen molar-refractivity contribution in [2.45, 2.75) is 99.3 Å². The molecule has 0 saturated heterocycles. The molecular formula is C23H40O. The second kappa shape index (κ2) is 7.75. The molecule has 0 spiro atoms. The second-order valence-corrected chi connectivity index (χ2v) is 9.89. The van der Waals surface area contributed by atoms with E-state index in [1.807, 2.05) is 0 Å². The predicted octanol–water partition coefficient (Wildman–Crippen LogP) is 6.96. The second-order valence-electron chi connectivity index (χ2n) is 9.89. The van der Waals surface area contributed by atoms with Crippen molar-refractivity contribution in [1.82, 2.24) is 0 Å².